The molecular weight excluding hydrogens is 264 g/mol. The minimum absolute atomic E-state index is 0.0328. The molecule has 0 aliphatic carbocycles. The summed E-state index contributed by atoms with van der Waals surface area (Å²) in [5, 5.41) is 9.81. The van der Waals surface area contributed by atoms with Crippen LogP contribution < -0.4 is 0 Å². The average molecular weight is 288 g/mol. The molecule has 3 unspecified atom stereocenters. The summed E-state index contributed by atoms with van der Waals surface area (Å²) in [5.74, 6) is -1.39. The smallest absolute Gasteiger partial charge is 0.320 e. The summed E-state index contributed by atoms with van der Waals surface area (Å²) in [5.41, 5.74) is 0. The van der Waals surface area contributed by atoms with Gasteiger partial charge in [0.2, 0.25) is 0 Å². The van der Waals surface area contributed by atoms with Crippen molar-refractivity contribution < 1.29 is 14.7 Å². The number of thioether (sulfide) groups is 1. The summed E-state index contributed by atoms with van der Waals surface area (Å²) < 4.78 is 0. The largest absolute Gasteiger partial charge is 0.481 e. The van der Waals surface area contributed by atoms with Crippen LogP contribution in [-0.4, -0.2) is 63.6 Å². The third-order valence-corrected chi connectivity index (χ3v) is 4.49. The topological polar surface area (TPSA) is 60.9 Å². The van der Waals surface area contributed by atoms with Crippen molar-refractivity contribution in [1.29, 1.82) is 0 Å². The molecule has 6 heteroatoms. The summed E-state index contributed by atoms with van der Waals surface area (Å²) in [7, 11) is 0. The zero-order chi connectivity index (χ0) is 14.6. The van der Waals surface area contributed by atoms with Gasteiger partial charge >= 0.3 is 12.0 Å². The second-order valence-corrected chi connectivity index (χ2v) is 7.10. The SMILES string of the molecule is CCN(CC(C)C(=O)O)C(=O)N1CC(C)SC(C)C1. The second-order valence-electron chi connectivity index (χ2n) is 5.22. The van der Waals surface area contributed by atoms with E-state index in [9.17, 15) is 9.59 Å². The Morgan fingerprint density at radius 3 is 2.32 bits per heavy atom. The quantitative estimate of drug-likeness (QED) is 0.859. The van der Waals surface area contributed by atoms with E-state index in [1.165, 1.54) is 0 Å². The van der Waals surface area contributed by atoms with Crippen molar-refractivity contribution in [2.24, 2.45) is 5.92 Å². The molecule has 1 fully saturated rings. The maximum absolute atomic E-state index is 12.4. The van der Waals surface area contributed by atoms with E-state index in [0.29, 0.717) is 17.0 Å². The van der Waals surface area contributed by atoms with Crippen LogP contribution in [0.2, 0.25) is 0 Å². The van der Waals surface area contributed by atoms with Gasteiger partial charge in [-0.2, -0.15) is 11.8 Å². The van der Waals surface area contributed by atoms with E-state index in [4.69, 9.17) is 5.11 Å². The van der Waals surface area contributed by atoms with E-state index in [1.54, 1.807) is 11.8 Å². The van der Waals surface area contributed by atoms with Crippen LogP contribution in [-0.2, 0) is 4.79 Å². The van der Waals surface area contributed by atoms with Gasteiger partial charge in [0.05, 0.1) is 5.92 Å². The molecule has 2 amide bonds. The molecule has 1 heterocycles. The van der Waals surface area contributed by atoms with Crippen molar-refractivity contribution in [2.75, 3.05) is 26.2 Å². The van der Waals surface area contributed by atoms with Crippen molar-refractivity contribution in [3.8, 4) is 0 Å². The second kappa shape index (κ2) is 7.03. The molecule has 110 valence electrons. The number of urea groups is 1. The van der Waals surface area contributed by atoms with Gasteiger partial charge in [-0.1, -0.05) is 20.8 Å². The summed E-state index contributed by atoms with van der Waals surface area (Å²) >= 11 is 1.89. The number of rotatable bonds is 4. The highest BCUT2D eigenvalue weighted by Gasteiger charge is 2.29. The number of carboxylic acids is 1. The molecule has 0 aromatic carbocycles. The van der Waals surface area contributed by atoms with E-state index in [1.807, 2.05) is 23.6 Å². The number of amides is 2. The summed E-state index contributed by atoms with van der Waals surface area (Å²) in [4.78, 5) is 26.8. The molecule has 3 atom stereocenters. The lowest BCUT2D eigenvalue weighted by molar-refractivity contribution is -0.141. The number of carbonyl (C=O) groups excluding carboxylic acids is 1. The lowest BCUT2D eigenvalue weighted by Gasteiger charge is -2.38. The number of aliphatic carboxylic acids is 1. The van der Waals surface area contributed by atoms with Gasteiger partial charge in [0, 0.05) is 36.7 Å². The van der Waals surface area contributed by atoms with Gasteiger partial charge in [-0.15, -0.1) is 0 Å². The third kappa shape index (κ3) is 4.60. The van der Waals surface area contributed by atoms with E-state index in [2.05, 4.69) is 13.8 Å². The van der Waals surface area contributed by atoms with Crippen LogP contribution >= 0.6 is 11.8 Å². The van der Waals surface area contributed by atoms with Gasteiger partial charge in [-0.25, -0.2) is 4.79 Å². The Kier molecular flexibility index (Phi) is 5.97. The minimum atomic E-state index is -0.859. The first-order valence-electron chi connectivity index (χ1n) is 6.77. The maximum atomic E-state index is 12.4. The van der Waals surface area contributed by atoms with Crippen LogP contribution in [0.1, 0.15) is 27.7 Å². The Hall–Kier alpha value is -0.910. The first-order valence-corrected chi connectivity index (χ1v) is 7.71. The van der Waals surface area contributed by atoms with Gasteiger partial charge < -0.3 is 14.9 Å². The normalized spacial score (nSPS) is 24.9. The fourth-order valence-electron chi connectivity index (χ4n) is 2.29. The zero-order valence-electron chi connectivity index (χ0n) is 12.1. The van der Waals surface area contributed by atoms with Crippen LogP contribution in [0.15, 0.2) is 0 Å². The molecule has 0 spiro atoms. The molecule has 1 aliphatic heterocycles. The number of nitrogens with zero attached hydrogens (tertiary/aromatic N) is 2. The Bertz CT molecular complexity index is 328. The monoisotopic (exact) mass is 288 g/mol. The Balaban J connectivity index is 2.64. The average Bonchev–Trinajstić information content (AvgIpc) is 2.33. The van der Waals surface area contributed by atoms with Gasteiger partial charge in [0.15, 0.2) is 0 Å². The summed E-state index contributed by atoms with van der Waals surface area (Å²) in [6.07, 6.45) is 0. The Labute approximate surface area is 119 Å². The predicted molar refractivity (Wildman–Crippen MR) is 77.5 cm³/mol. The zero-order valence-corrected chi connectivity index (χ0v) is 12.9. The Morgan fingerprint density at radius 2 is 1.89 bits per heavy atom. The van der Waals surface area contributed by atoms with Crippen molar-refractivity contribution in [3.05, 3.63) is 0 Å². The first kappa shape index (κ1) is 16.1. The van der Waals surface area contributed by atoms with Crippen LogP contribution in [0.25, 0.3) is 0 Å². The predicted octanol–water partition coefficient (Wildman–Crippen LogP) is 1.97. The van der Waals surface area contributed by atoms with E-state index in [-0.39, 0.29) is 12.6 Å². The molecule has 1 N–H and O–H groups in total. The molecule has 1 saturated heterocycles. The molecule has 1 rings (SSSR count). The lowest BCUT2D eigenvalue weighted by atomic mass is 10.2. The summed E-state index contributed by atoms with van der Waals surface area (Å²) in [6, 6.07) is -0.0328. The molecule has 0 saturated carbocycles. The van der Waals surface area contributed by atoms with Crippen molar-refractivity contribution in [3.63, 3.8) is 0 Å². The van der Waals surface area contributed by atoms with Gasteiger partial charge in [0.1, 0.15) is 0 Å². The van der Waals surface area contributed by atoms with Gasteiger partial charge in [-0.05, 0) is 6.92 Å². The van der Waals surface area contributed by atoms with E-state index < -0.39 is 11.9 Å². The number of carboxylic acid groups (broad SMARTS) is 1. The van der Waals surface area contributed by atoms with Gasteiger partial charge in [-0.3, -0.25) is 4.79 Å². The first-order chi connectivity index (χ1) is 8.85. The molecular formula is C13H24N2O3S. The number of carbonyl (C=O) groups is 2. The maximum Gasteiger partial charge on any atom is 0.320 e. The molecule has 0 radical (unpaired) electrons. The van der Waals surface area contributed by atoms with Crippen LogP contribution in [0.4, 0.5) is 4.79 Å². The third-order valence-electron chi connectivity index (χ3n) is 3.26. The number of hydrogen-bond donors (Lipinski definition) is 1. The molecule has 0 aromatic rings. The fraction of sp³-hybridized carbons (Fsp3) is 0.846. The highest BCUT2D eigenvalue weighted by atomic mass is 32.2. The van der Waals surface area contributed by atoms with Crippen LogP contribution in [0.5, 0.6) is 0 Å². The summed E-state index contributed by atoms with van der Waals surface area (Å²) in [6.45, 7) is 10.1. The highest BCUT2D eigenvalue weighted by molar-refractivity contribution is 8.00. The van der Waals surface area contributed by atoms with E-state index in [0.717, 1.165) is 13.1 Å². The van der Waals surface area contributed by atoms with Crippen LogP contribution in [0, 0.1) is 5.92 Å². The fourth-order valence-corrected chi connectivity index (χ4v) is 3.61. The van der Waals surface area contributed by atoms with Crippen molar-refractivity contribution >= 4 is 23.8 Å². The molecule has 0 aromatic heterocycles. The minimum Gasteiger partial charge on any atom is -0.481 e. The molecule has 0 bridgehead atoms. The lowest BCUT2D eigenvalue weighted by Crippen LogP contribution is -2.51. The standard InChI is InChI=1S/C13H24N2O3S/c1-5-14(6-9(2)12(16)17)13(18)15-7-10(3)19-11(4)8-15/h9-11H,5-8H2,1-4H3,(H,16,17). The highest BCUT2D eigenvalue weighted by Crippen LogP contribution is 2.25. The molecule has 5 nitrogen and oxygen atoms in total. The molecule has 1 aliphatic rings. The van der Waals surface area contributed by atoms with E-state index >= 15 is 0 Å². The van der Waals surface area contributed by atoms with Crippen LogP contribution in [0.3, 0.4) is 0 Å². The number of hydrogen-bond acceptors (Lipinski definition) is 3. The van der Waals surface area contributed by atoms with Gasteiger partial charge in [0.25, 0.3) is 0 Å². The Morgan fingerprint density at radius 1 is 1.37 bits per heavy atom. The van der Waals surface area contributed by atoms with Crippen molar-refractivity contribution in [1.82, 2.24) is 9.80 Å². The molecule has 19 heavy (non-hydrogen) atoms. The van der Waals surface area contributed by atoms with Crippen molar-refractivity contribution in [2.45, 2.75) is 38.2 Å².